The van der Waals surface area contributed by atoms with Gasteiger partial charge in [0.15, 0.2) is 0 Å². The maximum atomic E-state index is 12.2. The molecule has 110 valence electrons. The molecule has 2 atom stereocenters. The summed E-state index contributed by atoms with van der Waals surface area (Å²) in [5.41, 5.74) is 1.18. The molecule has 0 aliphatic carbocycles. The van der Waals surface area contributed by atoms with Crippen LogP contribution in [0.5, 0.6) is 5.75 Å². The Kier molecular flexibility index (Phi) is 5.46. The summed E-state index contributed by atoms with van der Waals surface area (Å²) >= 11 is 3.67. The van der Waals surface area contributed by atoms with Gasteiger partial charge in [-0.2, -0.15) is 0 Å². The van der Waals surface area contributed by atoms with Gasteiger partial charge >= 0.3 is 0 Å². The monoisotopic (exact) mass is 339 g/mol. The molecule has 1 heterocycles. The largest absolute Gasteiger partial charge is 0.497 e. The smallest absolute Gasteiger partial charge is 0.222 e. The molecule has 1 aliphatic rings. The van der Waals surface area contributed by atoms with Crippen LogP contribution in [-0.4, -0.2) is 35.8 Å². The van der Waals surface area contributed by atoms with Crippen molar-refractivity contribution in [3.05, 3.63) is 29.8 Å². The van der Waals surface area contributed by atoms with Crippen molar-refractivity contribution in [3.8, 4) is 5.75 Å². The highest BCUT2D eigenvalue weighted by atomic mass is 79.9. The second-order valence-electron chi connectivity index (χ2n) is 5.47. The average Bonchev–Trinajstić information content (AvgIpc) is 2.48. The van der Waals surface area contributed by atoms with Crippen LogP contribution in [0, 0.1) is 5.92 Å². The predicted octanol–water partition coefficient (Wildman–Crippen LogP) is 3.26. The van der Waals surface area contributed by atoms with E-state index in [-0.39, 0.29) is 5.91 Å². The topological polar surface area (TPSA) is 29.5 Å². The van der Waals surface area contributed by atoms with E-state index in [4.69, 9.17) is 4.74 Å². The molecular formula is C16H22BrNO2. The SMILES string of the molecule is COc1ccc(CCC(=O)N2CCC(Br)C(C)C2)cc1. The molecular weight excluding hydrogens is 318 g/mol. The maximum absolute atomic E-state index is 12.2. The molecule has 2 rings (SSSR count). The minimum atomic E-state index is 0.270. The molecule has 1 aliphatic heterocycles. The van der Waals surface area contributed by atoms with E-state index in [1.807, 2.05) is 29.2 Å². The fourth-order valence-corrected chi connectivity index (χ4v) is 2.92. The Balaban J connectivity index is 1.82. The van der Waals surface area contributed by atoms with E-state index >= 15 is 0 Å². The van der Waals surface area contributed by atoms with Gasteiger partial charge in [0.25, 0.3) is 0 Å². The van der Waals surface area contributed by atoms with Gasteiger partial charge in [-0.1, -0.05) is 35.0 Å². The van der Waals surface area contributed by atoms with Crippen molar-refractivity contribution in [2.24, 2.45) is 5.92 Å². The Morgan fingerprint density at radius 3 is 2.70 bits per heavy atom. The number of benzene rings is 1. The number of rotatable bonds is 4. The molecule has 4 heteroatoms. The van der Waals surface area contributed by atoms with Crippen molar-refractivity contribution >= 4 is 21.8 Å². The summed E-state index contributed by atoms with van der Waals surface area (Å²) in [7, 11) is 1.66. The average molecular weight is 340 g/mol. The lowest BCUT2D eigenvalue weighted by molar-refractivity contribution is -0.132. The number of hydrogen-bond acceptors (Lipinski definition) is 2. The number of methoxy groups -OCH3 is 1. The summed E-state index contributed by atoms with van der Waals surface area (Å²) in [6, 6.07) is 7.94. The number of likely N-dealkylation sites (tertiary alicyclic amines) is 1. The van der Waals surface area contributed by atoms with Gasteiger partial charge in [-0.3, -0.25) is 4.79 Å². The highest BCUT2D eigenvalue weighted by Gasteiger charge is 2.26. The number of piperidine rings is 1. The Morgan fingerprint density at radius 1 is 1.40 bits per heavy atom. The summed E-state index contributed by atoms with van der Waals surface area (Å²) in [4.78, 5) is 14.8. The third kappa shape index (κ3) is 3.98. The summed E-state index contributed by atoms with van der Waals surface area (Å²) < 4.78 is 5.13. The highest BCUT2D eigenvalue weighted by molar-refractivity contribution is 9.09. The van der Waals surface area contributed by atoms with Gasteiger partial charge in [0.2, 0.25) is 5.91 Å². The van der Waals surface area contributed by atoms with E-state index < -0.39 is 0 Å². The fourth-order valence-electron chi connectivity index (χ4n) is 2.55. The standard InChI is InChI=1S/C16H22BrNO2/c1-12-11-18(10-9-15(12)17)16(19)8-5-13-3-6-14(20-2)7-4-13/h3-4,6-7,12,15H,5,8-11H2,1-2H3. The van der Waals surface area contributed by atoms with Crippen LogP contribution in [0.25, 0.3) is 0 Å². The molecule has 20 heavy (non-hydrogen) atoms. The van der Waals surface area contributed by atoms with Gasteiger partial charge in [-0.05, 0) is 36.5 Å². The molecule has 1 aromatic carbocycles. The first-order chi connectivity index (χ1) is 9.60. The van der Waals surface area contributed by atoms with E-state index in [0.717, 1.165) is 31.7 Å². The molecule has 1 fully saturated rings. The van der Waals surface area contributed by atoms with Gasteiger partial charge in [-0.15, -0.1) is 0 Å². The first-order valence-electron chi connectivity index (χ1n) is 7.15. The number of halogens is 1. The number of aryl methyl sites for hydroxylation is 1. The van der Waals surface area contributed by atoms with E-state index in [1.165, 1.54) is 5.56 Å². The van der Waals surface area contributed by atoms with Gasteiger partial charge in [0, 0.05) is 24.3 Å². The zero-order valence-electron chi connectivity index (χ0n) is 12.1. The number of hydrogen-bond donors (Lipinski definition) is 0. The molecule has 1 aromatic rings. The summed E-state index contributed by atoms with van der Waals surface area (Å²) in [6.45, 7) is 3.95. The minimum Gasteiger partial charge on any atom is -0.497 e. The second kappa shape index (κ2) is 7.11. The molecule has 0 saturated carbocycles. The van der Waals surface area contributed by atoms with E-state index in [1.54, 1.807) is 7.11 Å². The van der Waals surface area contributed by atoms with Crippen LogP contribution in [0.2, 0.25) is 0 Å². The minimum absolute atomic E-state index is 0.270. The van der Waals surface area contributed by atoms with Crippen LogP contribution >= 0.6 is 15.9 Å². The van der Waals surface area contributed by atoms with Crippen LogP contribution < -0.4 is 4.74 Å². The molecule has 2 unspecified atom stereocenters. The van der Waals surface area contributed by atoms with Crippen molar-refractivity contribution in [2.75, 3.05) is 20.2 Å². The zero-order chi connectivity index (χ0) is 14.5. The van der Waals surface area contributed by atoms with Gasteiger partial charge in [0.05, 0.1) is 7.11 Å². The summed E-state index contributed by atoms with van der Waals surface area (Å²) in [6.07, 6.45) is 2.44. The quantitative estimate of drug-likeness (QED) is 0.788. The number of carbonyl (C=O) groups excluding carboxylic acids is 1. The van der Waals surface area contributed by atoms with Crippen molar-refractivity contribution in [1.82, 2.24) is 4.90 Å². The third-order valence-corrected chi connectivity index (χ3v) is 5.30. The predicted molar refractivity (Wildman–Crippen MR) is 84.4 cm³/mol. The number of amides is 1. The van der Waals surface area contributed by atoms with Crippen LogP contribution in [0.4, 0.5) is 0 Å². The Bertz CT molecular complexity index is 446. The number of carbonyl (C=O) groups is 1. The van der Waals surface area contributed by atoms with E-state index in [2.05, 4.69) is 22.9 Å². The molecule has 0 radical (unpaired) electrons. The van der Waals surface area contributed by atoms with Crippen molar-refractivity contribution in [3.63, 3.8) is 0 Å². The molecule has 0 bridgehead atoms. The number of ether oxygens (including phenoxy) is 1. The molecule has 1 amide bonds. The van der Waals surface area contributed by atoms with Crippen molar-refractivity contribution in [1.29, 1.82) is 0 Å². The lowest BCUT2D eigenvalue weighted by Gasteiger charge is -2.34. The normalized spacial score (nSPS) is 22.6. The molecule has 0 aromatic heterocycles. The molecule has 0 spiro atoms. The van der Waals surface area contributed by atoms with E-state index in [9.17, 15) is 4.79 Å². The first kappa shape index (κ1) is 15.4. The fraction of sp³-hybridized carbons (Fsp3) is 0.562. The van der Waals surface area contributed by atoms with Gasteiger partial charge in [0.1, 0.15) is 5.75 Å². The van der Waals surface area contributed by atoms with Crippen molar-refractivity contribution in [2.45, 2.75) is 31.0 Å². The molecule has 3 nitrogen and oxygen atoms in total. The van der Waals surface area contributed by atoms with Crippen LogP contribution in [0.1, 0.15) is 25.3 Å². The van der Waals surface area contributed by atoms with Gasteiger partial charge < -0.3 is 9.64 Å². The van der Waals surface area contributed by atoms with Crippen LogP contribution in [0.15, 0.2) is 24.3 Å². The molecule has 0 N–H and O–H groups in total. The lowest BCUT2D eigenvalue weighted by Crippen LogP contribution is -2.43. The Labute approximate surface area is 129 Å². The maximum Gasteiger partial charge on any atom is 0.222 e. The highest BCUT2D eigenvalue weighted by Crippen LogP contribution is 2.24. The van der Waals surface area contributed by atoms with Crippen molar-refractivity contribution < 1.29 is 9.53 Å². The summed E-state index contributed by atoms with van der Waals surface area (Å²) in [5.74, 6) is 1.66. The Morgan fingerprint density at radius 2 is 2.10 bits per heavy atom. The van der Waals surface area contributed by atoms with Gasteiger partial charge in [-0.25, -0.2) is 0 Å². The third-order valence-electron chi connectivity index (χ3n) is 3.94. The van der Waals surface area contributed by atoms with Crippen LogP contribution in [-0.2, 0) is 11.2 Å². The lowest BCUT2D eigenvalue weighted by atomic mass is 9.99. The first-order valence-corrected chi connectivity index (χ1v) is 8.06. The number of nitrogens with zero attached hydrogens (tertiary/aromatic N) is 1. The summed E-state index contributed by atoms with van der Waals surface area (Å²) in [5, 5.41) is 0. The number of alkyl halides is 1. The second-order valence-corrected chi connectivity index (χ2v) is 6.65. The Hall–Kier alpha value is -1.03. The molecule has 1 saturated heterocycles. The zero-order valence-corrected chi connectivity index (χ0v) is 13.7. The van der Waals surface area contributed by atoms with E-state index in [0.29, 0.717) is 17.2 Å². The van der Waals surface area contributed by atoms with Crippen LogP contribution in [0.3, 0.4) is 0 Å².